The van der Waals surface area contributed by atoms with Crippen molar-refractivity contribution in [3.05, 3.63) is 167 Å². The second-order valence-electron chi connectivity index (χ2n) is 14.3. The molecule has 7 nitrogen and oxygen atoms in total. The molecule has 5 aromatic rings. The zero-order chi connectivity index (χ0) is 35.5. The van der Waals surface area contributed by atoms with Gasteiger partial charge in [0.25, 0.3) is 0 Å². The average Bonchev–Trinajstić information content (AvgIpc) is 3.38. The number of hydrogen-bond acceptors (Lipinski definition) is 7. The maximum absolute atomic E-state index is 13.4. The van der Waals surface area contributed by atoms with Gasteiger partial charge in [0, 0.05) is 24.0 Å². The number of anilines is 1. The Bertz CT molecular complexity index is 1860. The van der Waals surface area contributed by atoms with E-state index in [0.29, 0.717) is 19.5 Å². The first-order valence-corrected chi connectivity index (χ1v) is 16.9. The molecule has 0 spiro atoms. The molecule has 2 heterocycles. The molecule has 1 aromatic heterocycles. The van der Waals surface area contributed by atoms with Crippen molar-refractivity contribution < 1.29 is 19.1 Å². The Kier molecular flexibility index (Phi) is 9.54. The van der Waals surface area contributed by atoms with E-state index in [4.69, 9.17) is 4.74 Å². The van der Waals surface area contributed by atoms with Crippen LogP contribution in [0.5, 0.6) is 0 Å². The maximum Gasteiger partial charge on any atom is 0.357 e. The molecule has 1 saturated heterocycles. The minimum Gasteiger partial charge on any atom is -0.455 e. The van der Waals surface area contributed by atoms with E-state index >= 15 is 0 Å². The van der Waals surface area contributed by atoms with Crippen LogP contribution in [-0.2, 0) is 26.3 Å². The zero-order valence-corrected chi connectivity index (χ0v) is 29.2. The summed E-state index contributed by atoms with van der Waals surface area (Å²) in [6, 6.07) is 42.8. The van der Waals surface area contributed by atoms with Crippen LogP contribution in [0.25, 0.3) is 0 Å². The summed E-state index contributed by atoms with van der Waals surface area (Å²) in [5.74, 6) is -0.980. The Hall–Kier alpha value is -5.40. The number of esters is 1. The van der Waals surface area contributed by atoms with Crippen LogP contribution in [-0.4, -0.2) is 51.8 Å². The molecule has 50 heavy (non-hydrogen) atoms. The number of pyridine rings is 1. The van der Waals surface area contributed by atoms with Crippen LogP contribution >= 0.6 is 0 Å². The third-order valence-corrected chi connectivity index (χ3v) is 9.56. The van der Waals surface area contributed by atoms with Gasteiger partial charge in [0.1, 0.15) is 17.3 Å². The number of carbonyl (C=O) groups excluding carboxylic acids is 3. The third-order valence-electron chi connectivity index (χ3n) is 9.56. The molecule has 0 amide bonds. The quantitative estimate of drug-likeness (QED) is 0.0658. The lowest BCUT2D eigenvalue weighted by Gasteiger charge is -2.37. The van der Waals surface area contributed by atoms with Crippen LogP contribution in [0.3, 0.4) is 0 Å². The van der Waals surface area contributed by atoms with E-state index in [0.717, 1.165) is 33.5 Å². The molecule has 1 aliphatic rings. The number of Topliss-reactive ketones (excluding diaryl/α,β-unsaturated/α-hetero) is 1. The molecule has 0 radical (unpaired) electrons. The zero-order valence-electron chi connectivity index (χ0n) is 29.2. The minimum atomic E-state index is -0.722. The SMILES string of the molecule is CC(C)(C)OC(=O)c1cc(CN2CN(c3ccc(C(c4ccccc4)(c4ccccc4)c4ccccc4)cc3)C(C(=O)C=O)C2(C)C)ccn1. The topological polar surface area (TPSA) is 79.8 Å². The van der Waals surface area contributed by atoms with Crippen molar-refractivity contribution in [2.24, 2.45) is 0 Å². The van der Waals surface area contributed by atoms with Crippen molar-refractivity contribution in [1.29, 1.82) is 0 Å². The largest absolute Gasteiger partial charge is 0.455 e. The summed E-state index contributed by atoms with van der Waals surface area (Å²) in [5, 5.41) is 0. The van der Waals surface area contributed by atoms with Gasteiger partial charge in [-0.15, -0.1) is 0 Å². The molecular weight excluding hydrogens is 622 g/mol. The Morgan fingerprint density at radius 1 is 0.780 bits per heavy atom. The maximum atomic E-state index is 13.4. The van der Waals surface area contributed by atoms with E-state index in [-0.39, 0.29) is 5.69 Å². The minimum absolute atomic E-state index is 0.223. The van der Waals surface area contributed by atoms with E-state index in [2.05, 4.69) is 107 Å². The summed E-state index contributed by atoms with van der Waals surface area (Å²) >= 11 is 0. The fourth-order valence-corrected chi connectivity index (χ4v) is 7.26. The highest BCUT2D eigenvalue weighted by molar-refractivity contribution is 6.28. The van der Waals surface area contributed by atoms with Gasteiger partial charge in [-0.3, -0.25) is 14.5 Å². The molecular formula is C43H43N3O4. The highest BCUT2D eigenvalue weighted by atomic mass is 16.6. The number of ketones is 1. The number of nitrogens with zero attached hydrogens (tertiary/aromatic N) is 3. The first-order chi connectivity index (χ1) is 23.9. The summed E-state index contributed by atoms with van der Waals surface area (Å²) in [7, 11) is 0. The van der Waals surface area contributed by atoms with Crippen molar-refractivity contribution in [2.75, 3.05) is 11.6 Å². The fourth-order valence-electron chi connectivity index (χ4n) is 7.26. The second kappa shape index (κ2) is 13.8. The Balaban J connectivity index is 1.39. The molecule has 6 rings (SSSR count). The second-order valence-corrected chi connectivity index (χ2v) is 14.3. The van der Waals surface area contributed by atoms with E-state index in [1.165, 1.54) is 0 Å². The van der Waals surface area contributed by atoms with Crippen LogP contribution in [0.1, 0.15) is 72.9 Å². The summed E-state index contributed by atoms with van der Waals surface area (Å²) in [6.45, 7) is 10.2. The lowest BCUT2D eigenvalue weighted by atomic mass is 9.65. The number of aldehydes is 1. The van der Waals surface area contributed by atoms with Gasteiger partial charge >= 0.3 is 5.97 Å². The summed E-state index contributed by atoms with van der Waals surface area (Å²) in [6.07, 6.45) is 2.02. The number of hydrogen-bond donors (Lipinski definition) is 0. The monoisotopic (exact) mass is 665 g/mol. The molecule has 0 bridgehead atoms. The van der Waals surface area contributed by atoms with E-state index < -0.39 is 34.3 Å². The van der Waals surface area contributed by atoms with Crippen molar-refractivity contribution >= 4 is 23.7 Å². The van der Waals surface area contributed by atoms with Gasteiger partial charge in [-0.05, 0) is 86.7 Å². The predicted octanol–water partition coefficient (Wildman–Crippen LogP) is 7.61. The van der Waals surface area contributed by atoms with E-state index in [9.17, 15) is 14.4 Å². The molecule has 1 fully saturated rings. The molecule has 0 aliphatic carbocycles. The number of aromatic nitrogens is 1. The predicted molar refractivity (Wildman–Crippen MR) is 196 cm³/mol. The van der Waals surface area contributed by atoms with Gasteiger partial charge in [0.15, 0.2) is 6.29 Å². The molecule has 1 unspecified atom stereocenters. The lowest BCUT2D eigenvalue weighted by molar-refractivity contribution is -0.131. The first-order valence-electron chi connectivity index (χ1n) is 16.9. The Morgan fingerprint density at radius 3 is 1.76 bits per heavy atom. The number of carbonyl (C=O) groups is 3. The molecule has 1 atom stereocenters. The fraction of sp³-hybridized carbons (Fsp3) is 0.256. The highest BCUT2D eigenvalue weighted by Gasteiger charge is 2.50. The van der Waals surface area contributed by atoms with Crippen LogP contribution in [0, 0.1) is 0 Å². The summed E-state index contributed by atoms with van der Waals surface area (Å²) < 4.78 is 5.54. The summed E-state index contributed by atoms with van der Waals surface area (Å²) in [5.41, 5.74) is 4.41. The summed E-state index contributed by atoms with van der Waals surface area (Å²) in [4.78, 5) is 46.6. The van der Waals surface area contributed by atoms with Gasteiger partial charge < -0.3 is 9.64 Å². The van der Waals surface area contributed by atoms with Crippen molar-refractivity contribution in [3.63, 3.8) is 0 Å². The van der Waals surface area contributed by atoms with Crippen LogP contribution < -0.4 is 4.90 Å². The van der Waals surface area contributed by atoms with Gasteiger partial charge in [-0.25, -0.2) is 9.78 Å². The van der Waals surface area contributed by atoms with Crippen LogP contribution in [0.15, 0.2) is 134 Å². The molecule has 4 aromatic carbocycles. The average molecular weight is 666 g/mol. The van der Waals surface area contributed by atoms with Gasteiger partial charge in [0.2, 0.25) is 5.78 Å². The standard InChI is InChI=1S/C43H43N3O4/c1-41(2,3)50-40(49)37-27-31(25-26-44-37)28-45-30-46(39(38(48)29-47)42(45,4)5)36-23-21-35(22-24-36)43(32-15-9-6-10-16-32,33-17-11-7-12-18-33)34-19-13-8-14-20-34/h6-27,29,39H,28,30H2,1-5H3. The van der Waals surface area contributed by atoms with Gasteiger partial charge in [-0.2, -0.15) is 0 Å². The number of benzene rings is 4. The van der Waals surface area contributed by atoms with Gasteiger partial charge in [0.05, 0.1) is 12.1 Å². The Labute approximate surface area is 294 Å². The normalized spacial score (nSPS) is 16.2. The number of rotatable bonds is 10. The van der Waals surface area contributed by atoms with Crippen molar-refractivity contribution in [3.8, 4) is 0 Å². The highest BCUT2D eigenvalue weighted by Crippen LogP contribution is 2.46. The van der Waals surface area contributed by atoms with E-state index in [1.807, 2.05) is 63.8 Å². The number of ether oxygens (including phenoxy) is 1. The van der Waals surface area contributed by atoms with Crippen LogP contribution in [0.2, 0.25) is 0 Å². The Morgan fingerprint density at radius 2 is 1.28 bits per heavy atom. The smallest absolute Gasteiger partial charge is 0.357 e. The van der Waals surface area contributed by atoms with Crippen LogP contribution in [0.4, 0.5) is 5.69 Å². The van der Waals surface area contributed by atoms with E-state index in [1.54, 1.807) is 12.3 Å². The van der Waals surface area contributed by atoms with Gasteiger partial charge in [-0.1, -0.05) is 103 Å². The molecule has 1 aliphatic heterocycles. The van der Waals surface area contributed by atoms with Crippen molar-refractivity contribution in [2.45, 2.75) is 63.8 Å². The first kappa shape index (κ1) is 34.5. The molecule has 0 N–H and O–H groups in total. The molecule has 7 heteroatoms. The third kappa shape index (κ3) is 6.61. The molecule has 0 saturated carbocycles. The lowest BCUT2D eigenvalue weighted by Crippen LogP contribution is -2.51. The molecule has 254 valence electrons. The van der Waals surface area contributed by atoms with Crippen molar-refractivity contribution in [1.82, 2.24) is 9.88 Å².